The smallest absolute Gasteiger partial charge is 0.251 e. The van der Waals surface area contributed by atoms with E-state index >= 15 is 0 Å². The molecule has 1 heterocycles. The average molecular weight is 305 g/mol. The summed E-state index contributed by atoms with van der Waals surface area (Å²) in [6, 6.07) is 10.6. The number of hydrogen-bond donors (Lipinski definition) is 1. The molecular weight excluding hydrogens is 288 g/mol. The van der Waals surface area contributed by atoms with Gasteiger partial charge in [-0.2, -0.15) is 4.73 Å². The summed E-state index contributed by atoms with van der Waals surface area (Å²) >= 11 is 5.88. The van der Waals surface area contributed by atoms with E-state index in [-0.39, 0.29) is 11.3 Å². The zero-order chi connectivity index (χ0) is 15.5. The standard InChI is InChI=1S/C16H17ClN2O2/c1-16(2,13-3-5-14(17)6-4-13)11-18-15(20)12-7-9-19(21)10-8-12/h3-10H,11H2,1-2H3,(H,18,20). The molecule has 1 N–H and O–H groups in total. The Bertz CT molecular complexity index is 622. The molecule has 0 unspecified atom stereocenters. The molecule has 0 fully saturated rings. The fraction of sp³-hybridized carbons (Fsp3) is 0.250. The molecule has 110 valence electrons. The summed E-state index contributed by atoms with van der Waals surface area (Å²) in [6.07, 6.45) is 2.61. The highest BCUT2D eigenvalue weighted by atomic mass is 35.5. The maximum Gasteiger partial charge on any atom is 0.251 e. The summed E-state index contributed by atoms with van der Waals surface area (Å²) in [7, 11) is 0. The largest absolute Gasteiger partial charge is 0.619 e. The summed E-state index contributed by atoms with van der Waals surface area (Å²) in [5, 5.41) is 14.5. The van der Waals surface area contributed by atoms with Crippen LogP contribution in [0.1, 0.15) is 29.8 Å². The minimum atomic E-state index is -0.215. The second-order valence-electron chi connectivity index (χ2n) is 5.52. The van der Waals surface area contributed by atoms with Crippen LogP contribution in [0.3, 0.4) is 0 Å². The lowest BCUT2D eigenvalue weighted by atomic mass is 9.84. The van der Waals surface area contributed by atoms with Crippen molar-refractivity contribution in [1.82, 2.24) is 5.32 Å². The van der Waals surface area contributed by atoms with E-state index in [0.29, 0.717) is 21.9 Å². The van der Waals surface area contributed by atoms with Gasteiger partial charge in [-0.3, -0.25) is 4.79 Å². The van der Waals surface area contributed by atoms with Crippen molar-refractivity contribution >= 4 is 17.5 Å². The third-order valence-electron chi connectivity index (χ3n) is 3.38. The van der Waals surface area contributed by atoms with Crippen LogP contribution in [0.4, 0.5) is 0 Å². The molecule has 1 aromatic carbocycles. The van der Waals surface area contributed by atoms with Gasteiger partial charge in [0.15, 0.2) is 12.4 Å². The van der Waals surface area contributed by atoms with Gasteiger partial charge >= 0.3 is 0 Å². The second-order valence-corrected chi connectivity index (χ2v) is 5.96. The summed E-state index contributed by atoms with van der Waals surface area (Å²) in [4.78, 5) is 12.0. The summed E-state index contributed by atoms with van der Waals surface area (Å²) in [6.45, 7) is 4.58. The van der Waals surface area contributed by atoms with Crippen molar-refractivity contribution in [2.45, 2.75) is 19.3 Å². The monoisotopic (exact) mass is 304 g/mol. The predicted molar refractivity (Wildman–Crippen MR) is 82.2 cm³/mol. The number of amides is 1. The van der Waals surface area contributed by atoms with E-state index < -0.39 is 0 Å². The zero-order valence-electron chi connectivity index (χ0n) is 12.0. The number of nitrogens with zero attached hydrogens (tertiary/aromatic N) is 1. The van der Waals surface area contributed by atoms with Gasteiger partial charge < -0.3 is 10.5 Å². The highest BCUT2D eigenvalue weighted by Crippen LogP contribution is 2.23. The Kier molecular flexibility index (Phi) is 4.48. The van der Waals surface area contributed by atoms with Crippen molar-refractivity contribution in [2.24, 2.45) is 0 Å². The molecule has 1 aromatic heterocycles. The van der Waals surface area contributed by atoms with Crippen molar-refractivity contribution in [3.8, 4) is 0 Å². The molecule has 0 spiro atoms. The minimum Gasteiger partial charge on any atom is -0.619 e. The summed E-state index contributed by atoms with van der Waals surface area (Å²) < 4.78 is 0.647. The average Bonchev–Trinajstić information content (AvgIpc) is 2.46. The highest BCUT2D eigenvalue weighted by Gasteiger charge is 2.21. The number of hydrogen-bond acceptors (Lipinski definition) is 2. The van der Waals surface area contributed by atoms with Crippen molar-refractivity contribution in [3.63, 3.8) is 0 Å². The van der Waals surface area contributed by atoms with Gasteiger partial charge in [0.25, 0.3) is 5.91 Å². The van der Waals surface area contributed by atoms with Crippen LogP contribution in [0, 0.1) is 5.21 Å². The predicted octanol–water partition coefficient (Wildman–Crippen LogP) is 2.68. The lowest BCUT2D eigenvalue weighted by Crippen LogP contribution is -2.37. The van der Waals surface area contributed by atoms with E-state index in [1.54, 1.807) is 0 Å². The Labute approximate surface area is 129 Å². The fourth-order valence-corrected chi connectivity index (χ4v) is 2.10. The van der Waals surface area contributed by atoms with E-state index in [0.717, 1.165) is 5.56 Å². The fourth-order valence-electron chi connectivity index (χ4n) is 1.97. The molecule has 21 heavy (non-hydrogen) atoms. The van der Waals surface area contributed by atoms with Crippen molar-refractivity contribution in [3.05, 3.63) is 70.1 Å². The molecule has 0 aliphatic carbocycles. The zero-order valence-corrected chi connectivity index (χ0v) is 12.7. The van der Waals surface area contributed by atoms with Crippen LogP contribution >= 0.6 is 11.6 Å². The second kappa shape index (κ2) is 6.14. The molecule has 0 aliphatic heterocycles. The molecule has 2 rings (SSSR count). The lowest BCUT2D eigenvalue weighted by molar-refractivity contribution is -0.605. The van der Waals surface area contributed by atoms with Crippen molar-refractivity contribution in [2.75, 3.05) is 6.54 Å². The van der Waals surface area contributed by atoms with E-state index in [1.807, 2.05) is 38.1 Å². The van der Waals surface area contributed by atoms with Crippen molar-refractivity contribution in [1.29, 1.82) is 0 Å². The van der Waals surface area contributed by atoms with Crippen LogP contribution in [0.25, 0.3) is 0 Å². The molecule has 4 nitrogen and oxygen atoms in total. The van der Waals surface area contributed by atoms with E-state index in [2.05, 4.69) is 5.32 Å². The normalized spacial score (nSPS) is 11.2. The molecule has 2 aromatic rings. The van der Waals surface area contributed by atoms with Crippen LogP contribution in [-0.2, 0) is 5.41 Å². The number of carbonyl (C=O) groups excluding carboxylic acids is 1. The molecule has 0 aliphatic rings. The topological polar surface area (TPSA) is 56.0 Å². The first-order valence-corrected chi connectivity index (χ1v) is 6.99. The van der Waals surface area contributed by atoms with Crippen molar-refractivity contribution < 1.29 is 9.52 Å². The van der Waals surface area contributed by atoms with Crippen LogP contribution < -0.4 is 10.0 Å². The first kappa shape index (κ1) is 15.3. The van der Waals surface area contributed by atoms with Gasteiger partial charge in [-0.05, 0) is 17.7 Å². The minimum absolute atomic E-state index is 0.197. The molecule has 0 bridgehead atoms. The third kappa shape index (κ3) is 3.95. The van der Waals surface area contributed by atoms with Crippen LogP contribution in [0.2, 0.25) is 5.02 Å². The first-order chi connectivity index (χ1) is 9.88. The van der Waals surface area contributed by atoms with Gasteiger partial charge in [0.2, 0.25) is 0 Å². The van der Waals surface area contributed by atoms with Crippen LogP contribution in [-0.4, -0.2) is 12.5 Å². The number of rotatable bonds is 4. The van der Waals surface area contributed by atoms with Crippen LogP contribution in [0.5, 0.6) is 0 Å². The molecule has 1 amide bonds. The Hall–Kier alpha value is -2.07. The summed E-state index contributed by atoms with van der Waals surface area (Å²) in [5.74, 6) is -0.197. The number of nitrogens with one attached hydrogen (secondary N) is 1. The number of benzene rings is 1. The Morgan fingerprint density at radius 3 is 2.33 bits per heavy atom. The molecule has 0 saturated heterocycles. The van der Waals surface area contributed by atoms with E-state index in [9.17, 15) is 10.0 Å². The SMILES string of the molecule is CC(C)(CNC(=O)c1cc[n+]([O-])cc1)c1ccc(Cl)cc1. The molecule has 0 radical (unpaired) electrons. The molecule has 0 saturated carbocycles. The summed E-state index contributed by atoms with van der Waals surface area (Å²) in [5.41, 5.74) is 1.35. The van der Waals surface area contributed by atoms with Gasteiger partial charge in [-0.15, -0.1) is 0 Å². The number of aromatic nitrogens is 1. The molecule has 0 atom stereocenters. The first-order valence-electron chi connectivity index (χ1n) is 6.61. The van der Waals surface area contributed by atoms with Crippen LogP contribution in [0.15, 0.2) is 48.8 Å². The lowest BCUT2D eigenvalue weighted by Gasteiger charge is -2.25. The highest BCUT2D eigenvalue weighted by molar-refractivity contribution is 6.30. The number of pyridine rings is 1. The third-order valence-corrected chi connectivity index (χ3v) is 3.63. The van der Waals surface area contributed by atoms with E-state index in [1.165, 1.54) is 24.5 Å². The van der Waals surface area contributed by atoms with E-state index in [4.69, 9.17) is 11.6 Å². The molecule has 5 heteroatoms. The Morgan fingerprint density at radius 1 is 1.19 bits per heavy atom. The van der Waals surface area contributed by atoms with Gasteiger partial charge in [-0.25, -0.2) is 0 Å². The number of carbonyl (C=O) groups is 1. The molecular formula is C16H17ClN2O2. The quantitative estimate of drug-likeness (QED) is 0.697. The van der Waals surface area contributed by atoms with Gasteiger partial charge in [-0.1, -0.05) is 37.6 Å². The van der Waals surface area contributed by atoms with Gasteiger partial charge in [0.05, 0.1) is 5.56 Å². The van der Waals surface area contributed by atoms with Gasteiger partial charge in [0.1, 0.15) is 0 Å². The number of halogens is 1. The Balaban J connectivity index is 2.02. The van der Waals surface area contributed by atoms with Gasteiger partial charge in [0, 0.05) is 29.1 Å². The Morgan fingerprint density at radius 2 is 1.76 bits per heavy atom. The maximum atomic E-state index is 12.0. The maximum absolute atomic E-state index is 12.0.